The number of hydrogen-bond acceptors (Lipinski definition) is 5. The van der Waals surface area contributed by atoms with Crippen LogP contribution in [0.1, 0.15) is 39.2 Å². The summed E-state index contributed by atoms with van der Waals surface area (Å²) in [4.78, 5) is 14.0. The van der Waals surface area contributed by atoms with Gasteiger partial charge in [0.05, 0.1) is 12.8 Å². The van der Waals surface area contributed by atoms with E-state index in [1.54, 1.807) is 57.4 Å². The molecule has 1 N–H and O–H groups in total. The molecular formula is C22H27N3O4S. The third-order valence-electron chi connectivity index (χ3n) is 4.87. The molecule has 0 bridgehead atoms. The standard InChI is InChI=1S/C22H27N3O4S/c1-5-6-13-25-19-12-9-17(23-22(26)15(2)3)14-20(19)30(27,28)24-21(25)16-7-10-18(29-4)11-8-16/h7-12,14-15H,5-6,13H2,1-4H3,(H,23,26). The average Bonchev–Trinajstić information content (AvgIpc) is 2.73. The van der Waals surface area contributed by atoms with Gasteiger partial charge in [0.2, 0.25) is 5.91 Å². The van der Waals surface area contributed by atoms with Gasteiger partial charge in [-0.3, -0.25) is 4.79 Å². The number of carbonyl (C=O) groups is 1. The van der Waals surface area contributed by atoms with E-state index in [0.717, 1.165) is 12.8 Å². The molecular weight excluding hydrogens is 402 g/mol. The highest BCUT2D eigenvalue weighted by molar-refractivity contribution is 7.90. The van der Waals surface area contributed by atoms with Crippen molar-refractivity contribution in [2.24, 2.45) is 10.3 Å². The molecule has 2 aromatic rings. The van der Waals surface area contributed by atoms with E-state index in [-0.39, 0.29) is 16.7 Å². The summed E-state index contributed by atoms with van der Waals surface area (Å²) in [5.74, 6) is 0.688. The fourth-order valence-corrected chi connectivity index (χ4v) is 4.37. The lowest BCUT2D eigenvalue weighted by molar-refractivity contribution is -0.118. The van der Waals surface area contributed by atoms with Crippen molar-refractivity contribution in [1.29, 1.82) is 0 Å². The number of anilines is 2. The van der Waals surface area contributed by atoms with Crippen LogP contribution in [0.15, 0.2) is 51.8 Å². The number of hydrogen-bond donors (Lipinski definition) is 1. The third kappa shape index (κ3) is 4.48. The van der Waals surface area contributed by atoms with Gasteiger partial charge in [0.25, 0.3) is 10.0 Å². The van der Waals surface area contributed by atoms with Gasteiger partial charge in [-0.25, -0.2) is 0 Å². The van der Waals surface area contributed by atoms with Gasteiger partial charge in [-0.05, 0) is 48.9 Å². The van der Waals surface area contributed by atoms with E-state index in [1.807, 2.05) is 4.90 Å². The normalized spacial score (nSPS) is 14.8. The van der Waals surface area contributed by atoms with E-state index >= 15 is 0 Å². The summed E-state index contributed by atoms with van der Waals surface area (Å²) in [6.07, 6.45) is 1.83. The molecule has 3 rings (SSSR count). The monoisotopic (exact) mass is 429 g/mol. The maximum absolute atomic E-state index is 13.0. The van der Waals surface area contributed by atoms with Crippen molar-refractivity contribution in [2.75, 3.05) is 23.9 Å². The first-order valence-corrected chi connectivity index (χ1v) is 11.4. The predicted octanol–water partition coefficient (Wildman–Crippen LogP) is 4.05. The van der Waals surface area contributed by atoms with Crippen LogP contribution in [0.25, 0.3) is 0 Å². The Kier molecular flexibility index (Phi) is 6.45. The number of nitrogens with zero attached hydrogens (tertiary/aromatic N) is 2. The second kappa shape index (κ2) is 8.87. The van der Waals surface area contributed by atoms with E-state index in [4.69, 9.17) is 4.74 Å². The van der Waals surface area contributed by atoms with Gasteiger partial charge in [-0.15, -0.1) is 4.40 Å². The Labute approximate surface area is 177 Å². The Morgan fingerprint density at radius 3 is 2.47 bits per heavy atom. The molecule has 0 fully saturated rings. The van der Waals surface area contributed by atoms with Crippen LogP contribution in [-0.2, 0) is 14.8 Å². The maximum atomic E-state index is 13.0. The lowest BCUT2D eigenvalue weighted by Gasteiger charge is -2.31. The summed E-state index contributed by atoms with van der Waals surface area (Å²) in [6, 6.07) is 12.1. The van der Waals surface area contributed by atoms with Crippen LogP contribution in [0.3, 0.4) is 0 Å². The maximum Gasteiger partial charge on any atom is 0.286 e. The SMILES string of the molecule is CCCCN1C(c2ccc(OC)cc2)=NS(=O)(=O)c2cc(NC(=O)C(C)C)ccc21. The number of sulfonamides is 1. The van der Waals surface area contributed by atoms with Crippen LogP contribution in [-0.4, -0.2) is 33.8 Å². The number of methoxy groups -OCH3 is 1. The highest BCUT2D eigenvalue weighted by atomic mass is 32.2. The number of amides is 1. The summed E-state index contributed by atoms with van der Waals surface area (Å²) in [5.41, 5.74) is 1.69. The minimum absolute atomic E-state index is 0.0948. The van der Waals surface area contributed by atoms with Crippen LogP contribution in [0.4, 0.5) is 11.4 Å². The minimum Gasteiger partial charge on any atom is -0.497 e. The van der Waals surface area contributed by atoms with Crippen molar-refractivity contribution >= 4 is 33.1 Å². The van der Waals surface area contributed by atoms with E-state index < -0.39 is 10.0 Å². The van der Waals surface area contributed by atoms with Crippen molar-refractivity contribution in [3.05, 3.63) is 48.0 Å². The summed E-state index contributed by atoms with van der Waals surface area (Å²) in [6.45, 7) is 6.27. The van der Waals surface area contributed by atoms with Gasteiger partial charge in [-0.2, -0.15) is 8.42 Å². The zero-order valence-corrected chi connectivity index (χ0v) is 18.5. The summed E-state index contributed by atoms with van der Waals surface area (Å²) < 4.78 is 35.4. The van der Waals surface area contributed by atoms with Crippen LogP contribution >= 0.6 is 0 Å². The van der Waals surface area contributed by atoms with Gasteiger partial charge >= 0.3 is 0 Å². The first kappa shape index (κ1) is 21.8. The zero-order valence-electron chi connectivity index (χ0n) is 17.7. The number of amidine groups is 1. The van der Waals surface area contributed by atoms with Crippen LogP contribution in [0.5, 0.6) is 5.75 Å². The van der Waals surface area contributed by atoms with Crippen LogP contribution < -0.4 is 15.0 Å². The lowest BCUT2D eigenvalue weighted by atomic mass is 10.1. The number of fused-ring (bicyclic) bond motifs is 1. The number of rotatable bonds is 7. The molecule has 0 radical (unpaired) electrons. The Bertz CT molecular complexity index is 1060. The van der Waals surface area contributed by atoms with Crippen molar-refractivity contribution in [1.82, 2.24) is 0 Å². The van der Waals surface area contributed by atoms with Gasteiger partial charge in [-0.1, -0.05) is 27.2 Å². The van der Waals surface area contributed by atoms with Crippen molar-refractivity contribution in [3.8, 4) is 5.75 Å². The average molecular weight is 430 g/mol. The molecule has 0 atom stereocenters. The molecule has 1 aliphatic rings. The number of benzene rings is 2. The van der Waals surface area contributed by atoms with E-state index in [1.165, 1.54) is 6.07 Å². The Hall–Kier alpha value is -2.87. The van der Waals surface area contributed by atoms with Gasteiger partial charge in [0, 0.05) is 23.7 Å². The highest BCUT2D eigenvalue weighted by Crippen LogP contribution is 2.35. The van der Waals surface area contributed by atoms with Crippen LogP contribution in [0.2, 0.25) is 0 Å². The molecule has 0 unspecified atom stereocenters. The number of carbonyl (C=O) groups excluding carboxylic acids is 1. The van der Waals surface area contributed by atoms with Gasteiger partial charge < -0.3 is 15.0 Å². The molecule has 1 aliphatic heterocycles. The van der Waals surface area contributed by atoms with Crippen molar-refractivity contribution in [2.45, 2.75) is 38.5 Å². The summed E-state index contributed by atoms with van der Waals surface area (Å²) >= 11 is 0. The van der Waals surface area contributed by atoms with E-state index in [2.05, 4.69) is 16.6 Å². The molecule has 0 spiro atoms. The number of unbranched alkanes of at least 4 members (excludes halogenated alkanes) is 1. The topological polar surface area (TPSA) is 88.1 Å². The third-order valence-corrected chi connectivity index (χ3v) is 6.16. The lowest BCUT2D eigenvalue weighted by Crippen LogP contribution is -2.37. The molecule has 160 valence electrons. The number of nitrogens with one attached hydrogen (secondary N) is 1. The first-order valence-electron chi connectivity index (χ1n) is 9.98. The quantitative estimate of drug-likeness (QED) is 0.717. The molecule has 1 amide bonds. The fourth-order valence-electron chi connectivity index (χ4n) is 3.13. The second-order valence-electron chi connectivity index (χ2n) is 7.45. The van der Waals surface area contributed by atoms with E-state index in [0.29, 0.717) is 35.1 Å². The largest absolute Gasteiger partial charge is 0.497 e. The highest BCUT2D eigenvalue weighted by Gasteiger charge is 2.32. The predicted molar refractivity (Wildman–Crippen MR) is 119 cm³/mol. The van der Waals surface area contributed by atoms with Gasteiger partial charge in [0.15, 0.2) is 5.84 Å². The molecule has 7 nitrogen and oxygen atoms in total. The Balaban J connectivity index is 2.07. The number of ether oxygens (including phenoxy) is 1. The van der Waals surface area contributed by atoms with Gasteiger partial charge in [0.1, 0.15) is 10.6 Å². The fraction of sp³-hybridized carbons (Fsp3) is 0.364. The zero-order chi connectivity index (χ0) is 21.9. The van der Waals surface area contributed by atoms with Crippen molar-refractivity contribution in [3.63, 3.8) is 0 Å². The molecule has 0 aliphatic carbocycles. The molecule has 8 heteroatoms. The molecule has 2 aromatic carbocycles. The molecule has 0 aromatic heterocycles. The Morgan fingerprint density at radius 2 is 1.87 bits per heavy atom. The van der Waals surface area contributed by atoms with Crippen molar-refractivity contribution < 1.29 is 17.9 Å². The van der Waals surface area contributed by atoms with E-state index in [9.17, 15) is 13.2 Å². The molecule has 0 saturated carbocycles. The summed E-state index contributed by atoms with van der Waals surface area (Å²) in [7, 11) is -2.35. The Morgan fingerprint density at radius 1 is 1.17 bits per heavy atom. The summed E-state index contributed by atoms with van der Waals surface area (Å²) in [5, 5.41) is 2.76. The molecule has 30 heavy (non-hydrogen) atoms. The van der Waals surface area contributed by atoms with Crippen LogP contribution in [0, 0.1) is 5.92 Å². The molecule has 1 heterocycles. The smallest absolute Gasteiger partial charge is 0.286 e. The molecule has 0 saturated heterocycles. The second-order valence-corrected chi connectivity index (χ2v) is 9.02. The first-order chi connectivity index (χ1) is 14.3. The minimum atomic E-state index is -3.93.